The molecule has 0 unspecified atom stereocenters. The molecule has 12 heavy (non-hydrogen) atoms. The van der Waals surface area contributed by atoms with Crippen LogP contribution >= 0.6 is 0 Å². The van der Waals surface area contributed by atoms with Crippen molar-refractivity contribution < 1.29 is 4.92 Å². The third kappa shape index (κ3) is 1.18. The molecule has 0 amide bonds. The molecule has 0 spiro atoms. The molecule has 5 nitrogen and oxygen atoms in total. The molecule has 1 rings (SSSR count). The van der Waals surface area contributed by atoms with Gasteiger partial charge in [0.25, 0.3) is 5.43 Å². The van der Waals surface area contributed by atoms with Gasteiger partial charge in [0, 0.05) is 12.3 Å². The van der Waals surface area contributed by atoms with E-state index < -0.39 is 16.0 Å². The topological polar surface area (TPSA) is 76.0 Å². The summed E-state index contributed by atoms with van der Waals surface area (Å²) in [5, 5.41) is 10.3. The Kier molecular flexibility index (Phi) is 1.92. The molecule has 60 valence electrons. The summed E-state index contributed by atoms with van der Waals surface area (Å²) in [6.07, 6.45) is 6.20. The lowest BCUT2D eigenvalue weighted by Crippen LogP contribution is -2.09. The molecule has 0 atom stereocenters. The van der Waals surface area contributed by atoms with Gasteiger partial charge in [0.05, 0.1) is 4.92 Å². The third-order valence-corrected chi connectivity index (χ3v) is 1.26. The van der Waals surface area contributed by atoms with Crippen LogP contribution in [0.15, 0.2) is 17.1 Å². The molecule has 1 N–H and O–H groups in total. The Bertz CT molecular complexity index is 413. The summed E-state index contributed by atoms with van der Waals surface area (Å²) >= 11 is 0. The van der Waals surface area contributed by atoms with Gasteiger partial charge in [0.1, 0.15) is 0 Å². The van der Waals surface area contributed by atoms with Crippen molar-refractivity contribution in [2.24, 2.45) is 0 Å². The first-order chi connectivity index (χ1) is 5.66. The number of pyridine rings is 1. The first kappa shape index (κ1) is 8.01. The maximum atomic E-state index is 10.9. The summed E-state index contributed by atoms with van der Waals surface area (Å²) in [6.45, 7) is 0. The zero-order chi connectivity index (χ0) is 9.14. The molecule has 5 heteroatoms. The van der Waals surface area contributed by atoms with E-state index >= 15 is 0 Å². The van der Waals surface area contributed by atoms with Crippen molar-refractivity contribution in [3.8, 4) is 12.3 Å². The number of terminal acetylenes is 1. The normalized spacial score (nSPS) is 8.92. The number of rotatable bonds is 1. The Morgan fingerprint density at radius 2 is 2.33 bits per heavy atom. The van der Waals surface area contributed by atoms with E-state index in [2.05, 4.69) is 4.98 Å². The van der Waals surface area contributed by atoms with E-state index in [9.17, 15) is 14.9 Å². The van der Waals surface area contributed by atoms with Gasteiger partial charge in [-0.05, 0) is 5.92 Å². The number of nitrogens with zero attached hydrogens (tertiary/aromatic N) is 1. The van der Waals surface area contributed by atoms with Crippen LogP contribution < -0.4 is 5.43 Å². The van der Waals surface area contributed by atoms with Crippen LogP contribution in [-0.4, -0.2) is 9.91 Å². The van der Waals surface area contributed by atoms with Gasteiger partial charge in [0.2, 0.25) is 0 Å². The molecule has 0 fully saturated rings. The number of hydrogen-bond acceptors (Lipinski definition) is 3. The first-order valence-electron chi connectivity index (χ1n) is 2.99. The van der Waals surface area contributed by atoms with Crippen LogP contribution in [0.3, 0.4) is 0 Å². The van der Waals surface area contributed by atoms with Crippen molar-refractivity contribution in [2.75, 3.05) is 0 Å². The highest BCUT2D eigenvalue weighted by atomic mass is 16.6. The zero-order valence-electron chi connectivity index (χ0n) is 5.90. The molecule has 0 aromatic carbocycles. The highest BCUT2D eigenvalue weighted by Crippen LogP contribution is 2.06. The van der Waals surface area contributed by atoms with E-state index in [1.165, 1.54) is 6.20 Å². The Labute approximate surface area is 67.2 Å². The minimum Gasteiger partial charge on any atom is -0.349 e. The molecule has 0 radical (unpaired) electrons. The lowest BCUT2D eigenvalue weighted by Gasteiger charge is -1.92. The van der Waals surface area contributed by atoms with Crippen molar-refractivity contribution in [1.82, 2.24) is 4.98 Å². The van der Waals surface area contributed by atoms with Crippen LogP contribution in [0.5, 0.6) is 0 Å². The van der Waals surface area contributed by atoms with Crippen molar-refractivity contribution in [2.45, 2.75) is 0 Å². The Morgan fingerprint density at radius 3 is 2.75 bits per heavy atom. The molecule has 0 bridgehead atoms. The van der Waals surface area contributed by atoms with Gasteiger partial charge in [-0.1, -0.05) is 0 Å². The van der Waals surface area contributed by atoms with Gasteiger partial charge in [-0.25, -0.2) is 0 Å². The number of aromatic nitrogens is 1. The Morgan fingerprint density at radius 1 is 1.67 bits per heavy atom. The van der Waals surface area contributed by atoms with E-state index in [-0.39, 0.29) is 5.69 Å². The van der Waals surface area contributed by atoms with Crippen LogP contribution in [0.2, 0.25) is 0 Å². The molecule has 0 aliphatic heterocycles. The maximum absolute atomic E-state index is 10.9. The number of nitro groups is 1. The summed E-state index contributed by atoms with van der Waals surface area (Å²) in [5.74, 6) is 2.02. The summed E-state index contributed by atoms with van der Waals surface area (Å²) in [4.78, 5) is 22.8. The highest BCUT2D eigenvalue weighted by molar-refractivity contribution is 5.44. The second-order valence-corrected chi connectivity index (χ2v) is 1.97. The smallest absolute Gasteiger partial charge is 0.348 e. The van der Waals surface area contributed by atoms with Gasteiger partial charge in [-0.3, -0.25) is 14.9 Å². The largest absolute Gasteiger partial charge is 0.349 e. The Balaban J connectivity index is 3.54. The van der Waals surface area contributed by atoms with Gasteiger partial charge in [-0.2, -0.15) is 0 Å². The SMILES string of the molecule is C#Cc1[nH]ccc(=O)c1[N+](=O)[O-]. The number of aromatic amines is 1. The predicted molar refractivity (Wildman–Crippen MR) is 41.7 cm³/mol. The van der Waals surface area contributed by atoms with Gasteiger partial charge >= 0.3 is 5.69 Å². The van der Waals surface area contributed by atoms with Crippen LogP contribution in [0, 0.1) is 22.5 Å². The summed E-state index contributed by atoms with van der Waals surface area (Å²) in [7, 11) is 0. The molecule has 1 aromatic rings. The van der Waals surface area contributed by atoms with E-state index in [0.717, 1.165) is 6.07 Å². The number of H-pyrrole nitrogens is 1. The molecular formula is C7H4N2O3. The molecule has 0 saturated heterocycles. The molecule has 1 heterocycles. The fraction of sp³-hybridized carbons (Fsp3) is 0. The van der Waals surface area contributed by atoms with Crippen molar-refractivity contribution in [3.05, 3.63) is 38.3 Å². The second kappa shape index (κ2) is 2.88. The minimum atomic E-state index is -0.798. The van der Waals surface area contributed by atoms with Crippen LogP contribution in [-0.2, 0) is 0 Å². The van der Waals surface area contributed by atoms with E-state index in [1.807, 2.05) is 5.92 Å². The van der Waals surface area contributed by atoms with E-state index in [0.29, 0.717) is 0 Å². The van der Waals surface area contributed by atoms with Gasteiger partial charge in [0.15, 0.2) is 5.69 Å². The minimum absolute atomic E-state index is 0.104. The van der Waals surface area contributed by atoms with Crippen LogP contribution in [0.25, 0.3) is 0 Å². The molecule has 0 saturated carbocycles. The van der Waals surface area contributed by atoms with Crippen molar-refractivity contribution >= 4 is 5.69 Å². The standard InChI is InChI=1S/C7H4N2O3/c1-2-5-7(9(11)12)6(10)3-4-8-5/h1,3-4H,(H,8,10). The second-order valence-electron chi connectivity index (χ2n) is 1.97. The van der Waals surface area contributed by atoms with Crippen LogP contribution in [0.1, 0.15) is 5.69 Å². The van der Waals surface area contributed by atoms with Crippen molar-refractivity contribution in [3.63, 3.8) is 0 Å². The fourth-order valence-electron chi connectivity index (χ4n) is 0.762. The first-order valence-corrected chi connectivity index (χ1v) is 2.99. The summed E-state index contributed by atoms with van der Waals surface area (Å²) in [6, 6.07) is 1.05. The molecule has 0 aliphatic carbocycles. The lowest BCUT2D eigenvalue weighted by atomic mass is 10.3. The molecular weight excluding hydrogens is 160 g/mol. The summed E-state index contributed by atoms with van der Waals surface area (Å²) < 4.78 is 0. The zero-order valence-corrected chi connectivity index (χ0v) is 5.90. The van der Waals surface area contributed by atoms with E-state index in [4.69, 9.17) is 6.42 Å². The monoisotopic (exact) mass is 164 g/mol. The Hall–Kier alpha value is -2.09. The fourth-order valence-corrected chi connectivity index (χ4v) is 0.762. The number of nitrogens with one attached hydrogen (secondary N) is 1. The highest BCUT2D eigenvalue weighted by Gasteiger charge is 2.16. The van der Waals surface area contributed by atoms with Gasteiger partial charge < -0.3 is 4.98 Å². The van der Waals surface area contributed by atoms with Gasteiger partial charge in [-0.15, -0.1) is 6.42 Å². The molecule has 0 aliphatic rings. The quantitative estimate of drug-likeness (QED) is 0.367. The average molecular weight is 164 g/mol. The maximum Gasteiger partial charge on any atom is 0.348 e. The summed E-state index contributed by atoms with van der Waals surface area (Å²) in [5.41, 5.74) is -1.38. The van der Waals surface area contributed by atoms with Crippen molar-refractivity contribution in [1.29, 1.82) is 0 Å². The number of hydrogen-bond donors (Lipinski definition) is 1. The third-order valence-electron chi connectivity index (χ3n) is 1.26. The van der Waals surface area contributed by atoms with E-state index in [1.54, 1.807) is 0 Å². The predicted octanol–water partition coefficient (Wildman–Crippen LogP) is 0.264. The average Bonchev–Trinajstić information content (AvgIpc) is 2.03. The lowest BCUT2D eigenvalue weighted by molar-refractivity contribution is -0.386. The molecule has 1 aromatic heterocycles. The van der Waals surface area contributed by atoms with Crippen LogP contribution in [0.4, 0.5) is 5.69 Å².